The van der Waals surface area contributed by atoms with Gasteiger partial charge in [0, 0.05) is 52.5 Å². The Hall–Kier alpha value is -0.700. The van der Waals surface area contributed by atoms with Crippen molar-refractivity contribution in [3.8, 4) is 0 Å². The van der Waals surface area contributed by atoms with E-state index in [1.54, 1.807) is 7.11 Å². The molecule has 0 saturated carbocycles. The third-order valence-corrected chi connectivity index (χ3v) is 4.78. The Kier molecular flexibility index (Phi) is 8.16. The van der Waals surface area contributed by atoms with Gasteiger partial charge in [0.05, 0.1) is 6.26 Å². The molecule has 8 heteroatoms. The molecule has 1 amide bonds. The van der Waals surface area contributed by atoms with Crippen LogP contribution in [0.25, 0.3) is 0 Å². The first-order valence-electron chi connectivity index (χ1n) is 7.24. The van der Waals surface area contributed by atoms with Gasteiger partial charge in [0.1, 0.15) is 0 Å². The van der Waals surface area contributed by atoms with Gasteiger partial charge in [0.25, 0.3) is 0 Å². The molecule has 0 radical (unpaired) electrons. The number of ether oxygens (including phenoxy) is 2. The molecule has 1 fully saturated rings. The molecule has 0 aromatic rings. The molecule has 1 N–H and O–H groups in total. The standard InChI is InChI=1S/C13H26N2O5S/c1-19-9-3-7-15(21(2,17)18)8-6-14-13(16)12-4-10-20-11-5-12/h12H,3-11H2,1-2H3,(H,14,16). The zero-order valence-electron chi connectivity index (χ0n) is 12.8. The third kappa shape index (κ3) is 7.21. The Balaban J connectivity index is 2.33. The average Bonchev–Trinajstić information content (AvgIpc) is 2.45. The quantitative estimate of drug-likeness (QED) is 0.596. The van der Waals surface area contributed by atoms with Gasteiger partial charge in [-0.3, -0.25) is 4.79 Å². The number of rotatable bonds is 9. The topological polar surface area (TPSA) is 84.9 Å². The van der Waals surface area contributed by atoms with E-state index in [0.29, 0.717) is 39.3 Å². The van der Waals surface area contributed by atoms with Gasteiger partial charge in [-0.05, 0) is 19.3 Å². The van der Waals surface area contributed by atoms with Crippen molar-refractivity contribution in [2.24, 2.45) is 5.92 Å². The molecule has 1 saturated heterocycles. The predicted molar refractivity (Wildman–Crippen MR) is 79.5 cm³/mol. The molecule has 0 aromatic carbocycles. The van der Waals surface area contributed by atoms with Crippen LogP contribution in [0.4, 0.5) is 0 Å². The van der Waals surface area contributed by atoms with E-state index in [-0.39, 0.29) is 18.4 Å². The summed E-state index contributed by atoms with van der Waals surface area (Å²) in [4.78, 5) is 11.9. The van der Waals surface area contributed by atoms with Crippen LogP contribution in [0.5, 0.6) is 0 Å². The minimum atomic E-state index is -3.26. The number of nitrogens with one attached hydrogen (secondary N) is 1. The number of hydrogen-bond acceptors (Lipinski definition) is 5. The van der Waals surface area contributed by atoms with E-state index >= 15 is 0 Å². The average molecular weight is 322 g/mol. The van der Waals surface area contributed by atoms with Gasteiger partial charge in [0.2, 0.25) is 15.9 Å². The van der Waals surface area contributed by atoms with Crippen LogP contribution in [-0.2, 0) is 24.3 Å². The van der Waals surface area contributed by atoms with Crippen molar-refractivity contribution in [1.29, 1.82) is 0 Å². The molecule has 1 aliphatic heterocycles. The molecule has 0 spiro atoms. The molecule has 1 rings (SSSR count). The number of carbonyl (C=O) groups excluding carboxylic acids is 1. The first kappa shape index (κ1) is 18.3. The number of amides is 1. The molecule has 0 atom stereocenters. The maximum atomic E-state index is 11.9. The van der Waals surface area contributed by atoms with Crippen LogP contribution in [0.3, 0.4) is 0 Å². The van der Waals surface area contributed by atoms with Crippen LogP contribution >= 0.6 is 0 Å². The van der Waals surface area contributed by atoms with E-state index in [4.69, 9.17) is 9.47 Å². The largest absolute Gasteiger partial charge is 0.385 e. The summed E-state index contributed by atoms with van der Waals surface area (Å²) < 4.78 is 34.8. The van der Waals surface area contributed by atoms with Crippen LogP contribution in [-0.4, -0.2) is 71.5 Å². The van der Waals surface area contributed by atoms with Crippen molar-refractivity contribution < 1.29 is 22.7 Å². The zero-order chi connectivity index (χ0) is 15.7. The minimum absolute atomic E-state index is 0.0105. The smallest absolute Gasteiger partial charge is 0.223 e. The summed E-state index contributed by atoms with van der Waals surface area (Å²) >= 11 is 0. The van der Waals surface area contributed by atoms with Crippen LogP contribution in [0, 0.1) is 5.92 Å². The highest BCUT2D eigenvalue weighted by atomic mass is 32.2. The molecular weight excluding hydrogens is 296 g/mol. The fourth-order valence-corrected chi connectivity index (χ4v) is 3.12. The Morgan fingerprint density at radius 1 is 1.33 bits per heavy atom. The maximum absolute atomic E-state index is 11.9. The summed E-state index contributed by atoms with van der Waals surface area (Å²) in [5, 5.41) is 2.81. The Morgan fingerprint density at radius 3 is 2.57 bits per heavy atom. The van der Waals surface area contributed by atoms with Crippen molar-refractivity contribution in [2.75, 3.05) is 52.8 Å². The number of carbonyl (C=O) groups is 1. The van der Waals surface area contributed by atoms with Crippen molar-refractivity contribution in [1.82, 2.24) is 9.62 Å². The molecule has 0 aliphatic carbocycles. The summed E-state index contributed by atoms with van der Waals surface area (Å²) in [7, 11) is -1.68. The molecule has 0 aromatic heterocycles. The van der Waals surface area contributed by atoms with E-state index < -0.39 is 10.0 Å². The van der Waals surface area contributed by atoms with E-state index in [2.05, 4.69) is 5.32 Å². The molecule has 1 aliphatic rings. The Morgan fingerprint density at radius 2 is 2.00 bits per heavy atom. The fourth-order valence-electron chi connectivity index (χ4n) is 2.24. The van der Waals surface area contributed by atoms with Gasteiger partial charge >= 0.3 is 0 Å². The van der Waals surface area contributed by atoms with Gasteiger partial charge in [-0.15, -0.1) is 0 Å². The first-order valence-corrected chi connectivity index (χ1v) is 9.09. The second-order valence-corrected chi connectivity index (χ2v) is 7.17. The molecule has 0 unspecified atom stereocenters. The number of hydrogen-bond donors (Lipinski definition) is 1. The van der Waals surface area contributed by atoms with Crippen LogP contribution in [0.15, 0.2) is 0 Å². The Labute approximate surface area is 127 Å². The van der Waals surface area contributed by atoms with Gasteiger partial charge in [-0.25, -0.2) is 12.7 Å². The first-order chi connectivity index (χ1) is 9.95. The highest BCUT2D eigenvalue weighted by molar-refractivity contribution is 7.88. The molecule has 7 nitrogen and oxygen atoms in total. The normalized spacial score (nSPS) is 17.1. The lowest BCUT2D eigenvalue weighted by Crippen LogP contribution is -2.41. The van der Waals surface area contributed by atoms with Gasteiger partial charge in [-0.2, -0.15) is 0 Å². The summed E-state index contributed by atoms with van der Waals surface area (Å²) in [5.74, 6) is -0.0254. The molecule has 1 heterocycles. The van der Waals surface area contributed by atoms with Crippen molar-refractivity contribution >= 4 is 15.9 Å². The van der Waals surface area contributed by atoms with Crippen LogP contribution < -0.4 is 5.32 Å². The number of sulfonamides is 1. The molecule has 21 heavy (non-hydrogen) atoms. The minimum Gasteiger partial charge on any atom is -0.385 e. The van der Waals surface area contributed by atoms with Gasteiger partial charge in [-0.1, -0.05) is 0 Å². The van der Waals surface area contributed by atoms with E-state index in [1.165, 1.54) is 10.6 Å². The number of methoxy groups -OCH3 is 1. The summed E-state index contributed by atoms with van der Waals surface area (Å²) in [6.07, 6.45) is 3.28. The SMILES string of the molecule is COCCCN(CCNC(=O)C1CCOCC1)S(C)(=O)=O. The zero-order valence-corrected chi connectivity index (χ0v) is 13.7. The predicted octanol–water partition coefficient (Wildman–Crippen LogP) is -0.173. The summed E-state index contributed by atoms with van der Waals surface area (Å²) in [6.45, 7) is 2.77. The fraction of sp³-hybridized carbons (Fsp3) is 0.923. The summed E-state index contributed by atoms with van der Waals surface area (Å²) in [5.41, 5.74) is 0. The highest BCUT2D eigenvalue weighted by Crippen LogP contribution is 2.14. The van der Waals surface area contributed by atoms with Crippen LogP contribution in [0.2, 0.25) is 0 Å². The van der Waals surface area contributed by atoms with Gasteiger partial charge in [0.15, 0.2) is 0 Å². The van der Waals surface area contributed by atoms with Gasteiger partial charge < -0.3 is 14.8 Å². The second-order valence-electron chi connectivity index (χ2n) is 5.19. The Bertz CT molecular complexity index is 407. The lowest BCUT2D eigenvalue weighted by atomic mass is 9.99. The monoisotopic (exact) mass is 322 g/mol. The molecule has 0 bridgehead atoms. The van der Waals surface area contributed by atoms with Crippen molar-refractivity contribution in [3.05, 3.63) is 0 Å². The lowest BCUT2D eigenvalue weighted by molar-refractivity contribution is -0.127. The van der Waals surface area contributed by atoms with Crippen molar-refractivity contribution in [3.63, 3.8) is 0 Å². The maximum Gasteiger partial charge on any atom is 0.223 e. The summed E-state index contributed by atoms with van der Waals surface area (Å²) in [6, 6.07) is 0. The van der Waals surface area contributed by atoms with E-state index in [0.717, 1.165) is 12.8 Å². The van der Waals surface area contributed by atoms with E-state index in [1.807, 2.05) is 0 Å². The number of nitrogens with zero attached hydrogens (tertiary/aromatic N) is 1. The lowest BCUT2D eigenvalue weighted by Gasteiger charge is -2.23. The molecule has 124 valence electrons. The third-order valence-electron chi connectivity index (χ3n) is 3.48. The second kappa shape index (κ2) is 9.34. The highest BCUT2D eigenvalue weighted by Gasteiger charge is 2.22. The molecular formula is C13H26N2O5S. The van der Waals surface area contributed by atoms with Crippen molar-refractivity contribution in [2.45, 2.75) is 19.3 Å². The van der Waals surface area contributed by atoms with E-state index in [9.17, 15) is 13.2 Å². The van der Waals surface area contributed by atoms with Crippen LogP contribution in [0.1, 0.15) is 19.3 Å².